The van der Waals surface area contributed by atoms with E-state index in [0.717, 1.165) is 39.4 Å². The van der Waals surface area contributed by atoms with Crippen LogP contribution in [0.2, 0.25) is 5.02 Å². The van der Waals surface area contributed by atoms with Gasteiger partial charge in [0.05, 0.1) is 10.6 Å². The van der Waals surface area contributed by atoms with E-state index in [1.807, 2.05) is 52.0 Å². The highest BCUT2D eigenvalue weighted by atomic mass is 35.5. The van der Waals surface area contributed by atoms with E-state index in [9.17, 15) is 18.0 Å². The van der Waals surface area contributed by atoms with Crippen LogP contribution >= 0.6 is 11.6 Å². The summed E-state index contributed by atoms with van der Waals surface area (Å²) in [5.74, 6) is -0.798. The summed E-state index contributed by atoms with van der Waals surface area (Å²) >= 11 is 6.38. The Labute approximate surface area is 243 Å². The predicted molar refractivity (Wildman–Crippen MR) is 161 cm³/mol. The van der Waals surface area contributed by atoms with Crippen molar-refractivity contribution in [3.05, 3.63) is 94.0 Å². The summed E-state index contributed by atoms with van der Waals surface area (Å²) in [4.78, 5) is 28.5. The molecule has 2 amide bonds. The molecule has 0 fully saturated rings. The third kappa shape index (κ3) is 7.86. The number of amides is 2. The van der Waals surface area contributed by atoms with E-state index < -0.39 is 28.5 Å². The lowest BCUT2D eigenvalue weighted by molar-refractivity contribution is -0.139. The zero-order valence-corrected chi connectivity index (χ0v) is 25.3. The highest BCUT2D eigenvalue weighted by Crippen LogP contribution is 2.29. The average Bonchev–Trinajstić information content (AvgIpc) is 2.91. The average molecular weight is 584 g/mol. The molecule has 40 heavy (non-hydrogen) atoms. The van der Waals surface area contributed by atoms with Crippen molar-refractivity contribution in [3.63, 3.8) is 0 Å². The van der Waals surface area contributed by atoms with Crippen LogP contribution in [0.25, 0.3) is 0 Å². The number of aryl methyl sites for hydroxylation is 3. The molecule has 1 N–H and O–H groups in total. The van der Waals surface area contributed by atoms with Gasteiger partial charge in [0.1, 0.15) is 12.6 Å². The van der Waals surface area contributed by atoms with E-state index in [2.05, 4.69) is 5.32 Å². The summed E-state index contributed by atoms with van der Waals surface area (Å²) in [6.07, 6.45) is 1.74. The molecule has 0 aliphatic heterocycles. The first-order valence-corrected chi connectivity index (χ1v) is 15.2. The van der Waals surface area contributed by atoms with Gasteiger partial charge < -0.3 is 10.2 Å². The maximum atomic E-state index is 14.0. The zero-order valence-electron chi connectivity index (χ0n) is 23.8. The fraction of sp³-hybridized carbons (Fsp3) is 0.355. The number of nitrogens with one attached hydrogen (secondary N) is 1. The van der Waals surface area contributed by atoms with E-state index in [4.69, 9.17) is 11.6 Å². The summed E-state index contributed by atoms with van der Waals surface area (Å²) in [7, 11) is -4.15. The molecule has 3 rings (SSSR count). The number of hydrogen-bond acceptors (Lipinski definition) is 4. The van der Waals surface area contributed by atoms with Gasteiger partial charge in [0.2, 0.25) is 11.8 Å². The predicted octanol–water partition coefficient (Wildman–Crippen LogP) is 5.79. The number of rotatable bonds is 12. The standard InChI is InChI=1S/C31H38ClN3O4S/c1-6-7-17-33-31(37)25(5)34(20-26-10-8-9-23(3)18-26)30(36)21-35(27-14-13-24(4)29(32)19-27)40(38,39)28-15-11-22(2)12-16-28/h8-16,18-19,25H,6-7,17,20-21H2,1-5H3,(H,33,37)/t25-/m0/s1. The van der Waals surface area contributed by atoms with Crippen LogP contribution < -0.4 is 9.62 Å². The van der Waals surface area contributed by atoms with Crippen LogP contribution in [0.15, 0.2) is 71.6 Å². The largest absolute Gasteiger partial charge is 0.354 e. The number of carbonyl (C=O) groups is 2. The molecule has 1 atom stereocenters. The molecule has 0 spiro atoms. The van der Waals surface area contributed by atoms with Crippen LogP contribution in [0.1, 0.15) is 48.9 Å². The minimum absolute atomic E-state index is 0.0539. The fourth-order valence-corrected chi connectivity index (χ4v) is 5.81. The number of carbonyl (C=O) groups excluding carboxylic acids is 2. The smallest absolute Gasteiger partial charge is 0.264 e. The van der Waals surface area contributed by atoms with E-state index in [1.165, 1.54) is 17.0 Å². The van der Waals surface area contributed by atoms with Crippen molar-refractivity contribution in [3.8, 4) is 0 Å². The Morgan fingerprint density at radius 1 is 0.950 bits per heavy atom. The van der Waals surface area contributed by atoms with Gasteiger partial charge in [-0.3, -0.25) is 13.9 Å². The summed E-state index contributed by atoms with van der Waals surface area (Å²) in [6.45, 7) is 9.48. The van der Waals surface area contributed by atoms with Crippen LogP contribution in [-0.2, 0) is 26.2 Å². The molecule has 214 valence electrons. The Morgan fingerprint density at radius 2 is 1.65 bits per heavy atom. The van der Waals surface area contributed by atoms with Gasteiger partial charge in [-0.05, 0) is 69.5 Å². The first kappa shape index (κ1) is 31.2. The highest BCUT2D eigenvalue weighted by molar-refractivity contribution is 7.92. The van der Waals surface area contributed by atoms with E-state index >= 15 is 0 Å². The third-order valence-electron chi connectivity index (χ3n) is 6.76. The fourth-order valence-electron chi connectivity index (χ4n) is 4.23. The molecule has 3 aromatic rings. The maximum absolute atomic E-state index is 14.0. The topological polar surface area (TPSA) is 86.8 Å². The molecule has 0 aromatic heterocycles. The van der Waals surface area contributed by atoms with Gasteiger partial charge in [-0.15, -0.1) is 0 Å². The second-order valence-electron chi connectivity index (χ2n) is 10.1. The normalized spacial score (nSPS) is 12.1. The molecule has 0 heterocycles. The lowest BCUT2D eigenvalue weighted by Crippen LogP contribution is -2.51. The molecule has 0 aliphatic rings. The van der Waals surface area contributed by atoms with Crippen LogP contribution in [0.3, 0.4) is 0 Å². The maximum Gasteiger partial charge on any atom is 0.264 e. The quantitative estimate of drug-likeness (QED) is 0.273. The molecule has 0 saturated heterocycles. The number of hydrogen-bond donors (Lipinski definition) is 1. The lowest BCUT2D eigenvalue weighted by Gasteiger charge is -2.32. The number of nitrogens with zero attached hydrogens (tertiary/aromatic N) is 2. The van der Waals surface area contributed by atoms with Crippen LogP contribution in [-0.4, -0.2) is 44.3 Å². The molecule has 0 saturated carbocycles. The van der Waals surface area contributed by atoms with Crippen molar-refractivity contribution in [2.75, 3.05) is 17.4 Å². The Hall–Kier alpha value is -3.36. The van der Waals surface area contributed by atoms with Gasteiger partial charge >= 0.3 is 0 Å². The van der Waals surface area contributed by atoms with Crippen LogP contribution in [0.5, 0.6) is 0 Å². The van der Waals surface area contributed by atoms with Gasteiger partial charge in [-0.1, -0.05) is 78.5 Å². The molecule has 0 aliphatic carbocycles. The summed E-state index contributed by atoms with van der Waals surface area (Å²) in [6, 6.07) is 18.2. The van der Waals surface area contributed by atoms with Gasteiger partial charge in [-0.2, -0.15) is 0 Å². The van der Waals surface area contributed by atoms with Gasteiger partial charge in [-0.25, -0.2) is 8.42 Å². The van der Waals surface area contributed by atoms with Gasteiger partial charge in [0, 0.05) is 18.1 Å². The van der Waals surface area contributed by atoms with Crippen molar-refractivity contribution in [1.29, 1.82) is 0 Å². The van der Waals surface area contributed by atoms with E-state index in [-0.39, 0.29) is 23.0 Å². The van der Waals surface area contributed by atoms with E-state index in [1.54, 1.807) is 37.3 Å². The molecular weight excluding hydrogens is 546 g/mol. The minimum atomic E-state index is -4.15. The van der Waals surface area contributed by atoms with Crippen molar-refractivity contribution < 1.29 is 18.0 Å². The van der Waals surface area contributed by atoms with Crippen LogP contribution in [0, 0.1) is 20.8 Å². The Balaban J connectivity index is 2.03. The van der Waals surface area contributed by atoms with Gasteiger partial charge in [0.15, 0.2) is 0 Å². The number of unbranched alkanes of at least 4 members (excludes halogenated alkanes) is 1. The lowest BCUT2D eigenvalue weighted by atomic mass is 10.1. The van der Waals surface area contributed by atoms with Crippen molar-refractivity contribution in [1.82, 2.24) is 10.2 Å². The molecule has 7 nitrogen and oxygen atoms in total. The summed E-state index contributed by atoms with van der Waals surface area (Å²) in [5, 5.41) is 3.28. The zero-order chi connectivity index (χ0) is 29.4. The minimum Gasteiger partial charge on any atom is -0.354 e. The molecule has 3 aromatic carbocycles. The van der Waals surface area contributed by atoms with Crippen molar-refractivity contribution in [2.24, 2.45) is 0 Å². The second-order valence-corrected chi connectivity index (χ2v) is 12.4. The Bertz CT molecular complexity index is 1440. The number of benzene rings is 3. The number of halogens is 1. The van der Waals surface area contributed by atoms with E-state index in [0.29, 0.717) is 11.6 Å². The van der Waals surface area contributed by atoms with Crippen LogP contribution in [0.4, 0.5) is 5.69 Å². The second kappa shape index (κ2) is 13.8. The molecule has 0 unspecified atom stereocenters. The monoisotopic (exact) mass is 583 g/mol. The Kier molecular flexibility index (Phi) is 10.8. The summed E-state index contributed by atoms with van der Waals surface area (Å²) < 4.78 is 28.9. The molecule has 0 bridgehead atoms. The number of anilines is 1. The van der Waals surface area contributed by atoms with Crippen molar-refractivity contribution in [2.45, 2.75) is 64.9 Å². The Morgan fingerprint density at radius 3 is 2.27 bits per heavy atom. The molecule has 9 heteroatoms. The molecule has 0 radical (unpaired) electrons. The summed E-state index contributed by atoms with van der Waals surface area (Å²) in [5.41, 5.74) is 3.81. The highest BCUT2D eigenvalue weighted by Gasteiger charge is 2.32. The first-order chi connectivity index (χ1) is 18.9. The van der Waals surface area contributed by atoms with Gasteiger partial charge in [0.25, 0.3) is 10.0 Å². The third-order valence-corrected chi connectivity index (χ3v) is 8.96. The first-order valence-electron chi connectivity index (χ1n) is 13.4. The van der Waals surface area contributed by atoms with Crippen molar-refractivity contribution >= 4 is 39.1 Å². The number of sulfonamides is 1. The SMILES string of the molecule is CCCCNC(=O)[C@H](C)N(Cc1cccc(C)c1)C(=O)CN(c1ccc(C)c(Cl)c1)S(=O)(=O)c1ccc(C)cc1. The molecular formula is C31H38ClN3O4S.